The number of aromatic nitrogens is 5. The Labute approximate surface area is 101 Å². The molecule has 0 aliphatic carbocycles. The highest BCUT2D eigenvalue weighted by molar-refractivity contribution is 6.00. The summed E-state index contributed by atoms with van der Waals surface area (Å²) >= 11 is 0. The number of hydrogen-bond donors (Lipinski definition) is 1. The van der Waals surface area contributed by atoms with Crippen molar-refractivity contribution in [3.63, 3.8) is 0 Å². The zero-order chi connectivity index (χ0) is 12.5. The second kappa shape index (κ2) is 3.88. The summed E-state index contributed by atoms with van der Waals surface area (Å²) in [7, 11) is 0. The quantitative estimate of drug-likeness (QED) is 0.716. The lowest BCUT2D eigenvalue weighted by Crippen LogP contribution is -1.99. The van der Waals surface area contributed by atoms with E-state index in [2.05, 4.69) is 20.1 Å². The van der Waals surface area contributed by atoms with Gasteiger partial charge in [-0.3, -0.25) is 9.97 Å². The molecule has 18 heavy (non-hydrogen) atoms. The minimum atomic E-state index is -1.09. The smallest absolute Gasteiger partial charge is 0.341 e. The van der Waals surface area contributed by atoms with Crippen molar-refractivity contribution >= 4 is 11.6 Å². The summed E-state index contributed by atoms with van der Waals surface area (Å²) in [5.41, 5.74) is 0.969. The fraction of sp³-hybridized carbons (Fsp3) is 0. The van der Waals surface area contributed by atoms with Crippen LogP contribution in [0.1, 0.15) is 10.4 Å². The molecule has 3 rings (SSSR count). The number of rotatable bonds is 2. The van der Waals surface area contributed by atoms with Gasteiger partial charge in [0.15, 0.2) is 5.65 Å². The van der Waals surface area contributed by atoms with E-state index in [1.54, 1.807) is 12.3 Å². The second-order valence-corrected chi connectivity index (χ2v) is 3.51. The van der Waals surface area contributed by atoms with Gasteiger partial charge in [-0.15, -0.1) is 0 Å². The Morgan fingerprint density at radius 1 is 1.22 bits per heavy atom. The number of carbonyl (C=O) groups is 1. The highest BCUT2D eigenvalue weighted by Gasteiger charge is 2.22. The van der Waals surface area contributed by atoms with Crippen molar-refractivity contribution in [1.29, 1.82) is 0 Å². The van der Waals surface area contributed by atoms with Gasteiger partial charge in [0.05, 0.1) is 6.20 Å². The third kappa shape index (κ3) is 1.49. The molecule has 3 aromatic heterocycles. The molecule has 7 nitrogen and oxygen atoms in total. The van der Waals surface area contributed by atoms with E-state index in [1.165, 1.54) is 29.3 Å². The van der Waals surface area contributed by atoms with Crippen LogP contribution in [0.4, 0.5) is 0 Å². The summed E-state index contributed by atoms with van der Waals surface area (Å²) in [6.45, 7) is 0. The van der Waals surface area contributed by atoms with Crippen LogP contribution in [0.3, 0.4) is 0 Å². The predicted octanol–water partition coefficient (Wildman–Crippen LogP) is 0.884. The highest BCUT2D eigenvalue weighted by Crippen LogP contribution is 2.22. The first kappa shape index (κ1) is 10.3. The number of nitrogens with zero attached hydrogens (tertiary/aromatic N) is 5. The van der Waals surface area contributed by atoms with Gasteiger partial charge in [-0.2, -0.15) is 5.10 Å². The first-order valence-corrected chi connectivity index (χ1v) is 5.10. The molecule has 0 bridgehead atoms. The largest absolute Gasteiger partial charge is 0.477 e. The van der Waals surface area contributed by atoms with Crippen LogP contribution in [0.5, 0.6) is 0 Å². The maximum atomic E-state index is 11.3. The Bertz CT molecular complexity index is 723. The van der Waals surface area contributed by atoms with Crippen LogP contribution in [0.25, 0.3) is 17.0 Å². The van der Waals surface area contributed by atoms with Crippen LogP contribution in [0, 0.1) is 0 Å². The lowest BCUT2D eigenvalue weighted by molar-refractivity contribution is 0.0699. The fourth-order valence-corrected chi connectivity index (χ4v) is 1.68. The van der Waals surface area contributed by atoms with Crippen molar-refractivity contribution in [2.45, 2.75) is 0 Å². The van der Waals surface area contributed by atoms with Crippen molar-refractivity contribution in [1.82, 2.24) is 24.6 Å². The normalized spacial score (nSPS) is 10.7. The Balaban J connectivity index is 2.36. The Morgan fingerprint density at radius 3 is 2.83 bits per heavy atom. The Morgan fingerprint density at radius 2 is 2.11 bits per heavy atom. The van der Waals surface area contributed by atoms with Crippen molar-refractivity contribution in [2.75, 3.05) is 0 Å². The van der Waals surface area contributed by atoms with Gasteiger partial charge < -0.3 is 5.11 Å². The molecular weight excluding hydrogens is 234 g/mol. The van der Waals surface area contributed by atoms with Gasteiger partial charge in [-0.25, -0.2) is 14.3 Å². The standard InChI is InChI=1S/C11H7N5O2/c17-11(18)8-9(7-6-12-3-4-13-7)15-16-5-1-2-14-10(8)16/h1-6H,(H,17,18). The average molecular weight is 241 g/mol. The van der Waals surface area contributed by atoms with E-state index >= 15 is 0 Å². The molecule has 0 aliphatic rings. The molecule has 1 N–H and O–H groups in total. The van der Waals surface area contributed by atoms with Gasteiger partial charge >= 0.3 is 5.97 Å². The summed E-state index contributed by atoms with van der Waals surface area (Å²) in [4.78, 5) is 23.3. The Kier molecular flexibility index (Phi) is 2.23. The molecule has 0 saturated carbocycles. The predicted molar refractivity (Wildman–Crippen MR) is 61.0 cm³/mol. The molecule has 0 unspecified atom stereocenters. The minimum Gasteiger partial charge on any atom is -0.477 e. The minimum absolute atomic E-state index is 0.0242. The van der Waals surface area contributed by atoms with Gasteiger partial charge in [0.2, 0.25) is 0 Å². The number of aromatic carboxylic acids is 1. The molecule has 0 spiro atoms. The fourth-order valence-electron chi connectivity index (χ4n) is 1.68. The van der Waals surface area contributed by atoms with E-state index < -0.39 is 5.97 Å². The van der Waals surface area contributed by atoms with E-state index in [0.29, 0.717) is 5.69 Å². The van der Waals surface area contributed by atoms with Crippen LogP contribution < -0.4 is 0 Å². The van der Waals surface area contributed by atoms with Crippen molar-refractivity contribution in [2.24, 2.45) is 0 Å². The molecule has 0 atom stereocenters. The van der Waals surface area contributed by atoms with Crippen LogP contribution >= 0.6 is 0 Å². The van der Waals surface area contributed by atoms with E-state index in [0.717, 1.165) is 0 Å². The summed E-state index contributed by atoms with van der Waals surface area (Å²) < 4.78 is 1.41. The molecule has 0 fully saturated rings. The van der Waals surface area contributed by atoms with Crippen LogP contribution in [0.2, 0.25) is 0 Å². The highest BCUT2D eigenvalue weighted by atomic mass is 16.4. The van der Waals surface area contributed by atoms with E-state index in [9.17, 15) is 9.90 Å². The lowest BCUT2D eigenvalue weighted by atomic mass is 10.2. The topological polar surface area (TPSA) is 93.3 Å². The molecule has 0 amide bonds. The molecule has 3 heterocycles. The molecular formula is C11H7N5O2. The molecule has 0 aliphatic heterocycles. The van der Waals surface area contributed by atoms with E-state index in [4.69, 9.17) is 0 Å². The van der Waals surface area contributed by atoms with E-state index in [1.807, 2.05) is 0 Å². The zero-order valence-electron chi connectivity index (χ0n) is 9.06. The zero-order valence-corrected chi connectivity index (χ0v) is 9.06. The maximum Gasteiger partial charge on any atom is 0.341 e. The number of carboxylic acid groups (broad SMARTS) is 1. The van der Waals surface area contributed by atoms with Gasteiger partial charge in [-0.1, -0.05) is 0 Å². The molecule has 7 heteroatoms. The lowest BCUT2D eigenvalue weighted by Gasteiger charge is -1.95. The van der Waals surface area contributed by atoms with E-state index in [-0.39, 0.29) is 16.9 Å². The third-order valence-corrected chi connectivity index (χ3v) is 2.41. The van der Waals surface area contributed by atoms with Crippen molar-refractivity contribution in [3.8, 4) is 11.4 Å². The molecule has 0 radical (unpaired) electrons. The maximum absolute atomic E-state index is 11.3. The van der Waals surface area contributed by atoms with Gasteiger partial charge in [0.1, 0.15) is 17.0 Å². The summed E-state index contributed by atoms with van der Waals surface area (Å²) in [5.74, 6) is -1.09. The molecule has 0 saturated heterocycles. The molecule has 88 valence electrons. The first-order valence-electron chi connectivity index (χ1n) is 5.10. The first-order chi connectivity index (χ1) is 8.77. The molecule has 0 aromatic carbocycles. The van der Waals surface area contributed by atoms with Crippen LogP contribution in [-0.2, 0) is 0 Å². The number of fused-ring (bicyclic) bond motifs is 1. The van der Waals surface area contributed by atoms with Gasteiger partial charge in [-0.05, 0) is 6.07 Å². The second-order valence-electron chi connectivity index (χ2n) is 3.51. The number of hydrogen-bond acceptors (Lipinski definition) is 5. The van der Waals surface area contributed by atoms with Crippen LogP contribution in [0.15, 0.2) is 37.1 Å². The SMILES string of the molecule is O=C(O)c1c(-c2cnccn2)nn2cccnc12. The summed E-state index contributed by atoms with van der Waals surface area (Å²) in [6.07, 6.45) is 7.61. The number of carboxylic acids is 1. The molecule has 3 aromatic rings. The Hall–Kier alpha value is -2.83. The van der Waals surface area contributed by atoms with Crippen molar-refractivity contribution in [3.05, 3.63) is 42.6 Å². The summed E-state index contributed by atoms with van der Waals surface area (Å²) in [6, 6.07) is 1.67. The van der Waals surface area contributed by atoms with Crippen molar-refractivity contribution < 1.29 is 9.90 Å². The third-order valence-electron chi connectivity index (χ3n) is 2.41. The van der Waals surface area contributed by atoms with Gasteiger partial charge in [0.25, 0.3) is 0 Å². The summed E-state index contributed by atoms with van der Waals surface area (Å²) in [5, 5.41) is 13.4. The van der Waals surface area contributed by atoms with Crippen LogP contribution in [-0.4, -0.2) is 35.6 Å². The van der Waals surface area contributed by atoms with Gasteiger partial charge in [0, 0.05) is 24.8 Å². The average Bonchev–Trinajstić information content (AvgIpc) is 2.79. The monoisotopic (exact) mass is 241 g/mol.